The first-order valence-electron chi connectivity index (χ1n) is 8.02. The highest BCUT2D eigenvalue weighted by atomic mass is 19.3. The number of nitrogens with zero attached hydrogens (tertiary/aromatic N) is 4. The van der Waals surface area contributed by atoms with Gasteiger partial charge in [-0.15, -0.1) is 0 Å². The number of amides is 3. The highest BCUT2D eigenvalue weighted by molar-refractivity contribution is 5.89. The molecule has 1 N–H and O–H groups in total. The Balaban J connectivity index is 1.88. The summed E-state index contributed by atoms with van der Waals surface area (Å²) in [5.74, 6) is 0.0246. The highest BCUT2D eigenvalue weighted by Crippen LogP contribution is 2.11. The maximum atomic E-state index is 12.3. The van der Waals surface area contributed by atoms with Crippen molar-refractivity contribution in [1.82, 2.24) is 19.6 Å². The van der Waals surface area contributed by atoms with Crippen molar-refractivity contribution in [1.29, 1.82) is 0 Å². The molecule has 0 unspecified atom stereocenters. The quantitative estimate of drug-likeness (QED) is 0.907. The largest absolute Gasteiger partial charge is 0.341 e. The number of rotatable bonds is 4. The Hall–Kier alpha value is -2.19. The fourth-order valence-corrected chi connectivity index (χ4v) is 2.58. The van der Waals surface area contributed by atoms with E-state index in [4.69, 9.17) is 0 Å². The first-order valence-corrected chi connectivity index (χ1v) is 8.02. The van der Waals surface area contributed by atoms with E-state index in [2.05, 4.69) is 10.4 Å². The Morgan fingerprint density at radius 3 is 2.54 bits per heavy atom. The van der Waals surface area contributed by atoms with E-state index in [0.717, 1.165) is 4.68 Å². The van der Waals surface area contributed by atoms with E-state index < -0.39 is 13.0 Å². The molecule has 1 fully saturated rings. The summed E-state index contributed by atoms with van der Waals surface area (Å²) < 4.78 is 25.7. The summed E-state index contributed by atoms with van der Waals surface area (Å²) in [5.41, 5.74) is 0.375. The molecule has 1 saturated heterocycles. The second-order valence-electron chi connectivity index (χ2n) is 6.09. The van der Waals surface area contributed by atoms with E-state index in [1.807, 2.05) is 13.8 Å². The van der Waals surface area contributed by atoms with Gasteiger partial charge in [-0.1, -0.05) is 13.8 Å². The summed E-state index contributed by atoms with van der Waals surface area (Å²) in [4.78, 5) is 27.7. The van der Waals surface area contributed by atoms with Crippen LogP contribution in [-0.2, 0) is 11.3 Å². The number of carbonyl (C=O) groups excluding carboxylic acids is 2. The SMILES string of the molecule is CC(C)C(=O)N1CCCN(C(=O)Nc2cnn(CC(F)F)c2)CC1. The number of aromatic nitrogens is 2. The number of halogens is 2. The molecule has 7 nitrogen and oxygen atoms in total. The van der Waals surface area contributed by atoms with Crippen LogP contribution in [0.2, 0.25) is 0 Å². The molecule has 9 heteroatoms. The van der Waals surface area contributed by atoms with Crippen LogP contribution in [-0.4, -0.2) is 64.1 Å². The molecule has 0 aliphatic carbocycles. The first kappa shape index (κ1) is 18.2. The average molecular weight is 343 g/mol. The fourth-order valence-electron chi connectivity index (χ4n) is 2.58. The van der Waals surface area contributed by atoms with E-state index >= 15 is 0 Å². The third kappa shape index (κ3) is 4.90. The van der Waals surface area contributed by atoms with Gasteiger partial charge in [-0.2, -0.15) is 5.10 Å². The molecule has 2 rings (SSSR count). The Bertz CT molecular complexity index is 576. The van der Waals surface area contributed by atoms with Crippen molar-refractivity contribution in [3.8, 4) is 0 Å². The van der Waals surface area contributed by atoms with Gasteiger partial charge in [0.2, 0.25) is 5.91 Å². The van der Waals surface area contributed by atoms with Crippen LogP contribution in [0.25, 0.3) is 0 Å². The second kappa shape index (κ2) is 8.07. The van der Waals surface area contributed by atoms with Crippen molar-refractivity contribution in [2.24, 2.45) is 5.92 Å². The summed E-state index contributed by atoms with van der Waals surface area (Å²) in [5, 5.41) is 6.43. The maximum absolute atomic E-state index is 12.3. The number of hydrogen-bond acceptors (Lipinski definition) is 3. The molecule has 3 amide bonds. The maximum Gasteiger partial charge on any atom is 0.321 e. The number of anilines is 1. The van der Waals surface area contributed by atoms with Crippen molar-refractivity contribution in [2.75, 3.05) is 31.5 Å². The molecule has 0 saturated carbocycles. The van der Waals surface area contributed by atoms with Gasteiger partial charge in [0, 0.05) is 38.3 Å². The van der Waals surface area contributed by atoms with Gasteiger partial charge in [-0.05, 0) is 6.42 Å². The molecule has 2 heterocycles. The van der Waals surface area contributed by atoms with Crippen LogP contribution >= 0.6 is 0 Å². The summed E-state index contributed by atoms with van der Waals surface area (Å²) in [7, 11) is 0. The molecule has 24 heavy (non-hydrogen) atoms. The summed E-state index contributed by atoms with van der Waals surface area (Å²) in [6, 6.07) is -0.314. The smallest absolute Gasteiger partial charge is 0.321 e. The molecule has 0 radical (unpaired) electrons. The molecule has 0 atom stereocenters. The van der Waals surface area contributed by atoms with Gasteiger partial charge in [0.25, 0.3) is 6.43 Å². The molecular weight excluding hydrogens is 320 g/mol. The van der Waals surface area contributed by atoms with Crippen molar-refractivity contribution < 1.29 is 18.4 Å². The predicted molar refractivity (Wildman–Crippen MR) is 84.9 cm³/mol. The topological polar surface area (TPSA) is 70.5 Å². The summed E-state index contributed by atoms with van der Waals surface area (Å²) >= 11 is 0. The lowest BCUT2D eigenvalue weighted by atomic mass is 10.2. The minimum absolute atomic E-state index is 0.0638. The molecular formula is C15H23F2N5O2. The Morgan fingerprint density at radius 1 is 1.21 bits per heavy atom. The minimum Gasteiger partial charge on any atom is -0.341 e. The van der Waals surface area contributed by atoms with Gasteiger partial charge in [0.1, 0.15) is 6.54 Å². The second-order valence-corrected chi connectivity index (χ2v) is 6.09. The van der Waals surface area contributed by atoms with Crippen LogP contribution in [0.5, 0.6) is 0 Å². The molecule has 0 spiro atoms. The van der Waals surface area contributed by atoms with Crippen LogP contribution in [0.4, 0.5) is 19.3 Å². The summed E-state index contributed by atoms with van der Waals surface area (Å²) in [6.07, 6.45) is 0.920. The molecule has 1 aliphatic heterocycles. The predicted octanol–water partition coefficient (Wildman–Crippen LogP) is 1.87. The van der Waals surface area contributed by atoms with Gasteiger partial charge in [-0.25, -0.2) is 13.6 Å². The van der Waals surface area contributed by atoms with Crippen LogP contribution in [0.15, 0.2) is 12.4 Å². The lowest BCUT2D eigenvalue weighted by Crippen LogP contribution is -2.40. The monoisotopic (exact) mass is 343 g/mol. The van der Waals surface area contributed by atoms with Gasteiger partial charge in [0.05, 0.1) is 11.9 Å². The van der Waals surface area contributed by atoms with Crippen molar-refractivity contribution in [2.45, 2.75) is 33.2 Å². The standard InChI is InChI=1S/C15H23F2N5O2/c1-11(2)14(23)20-4-3-5-21(7-6-20)15(24)19-12-8-18-22(9-12)10-13(16)17/h8-9,11,13H,3-7,10H2,1-2H3,(H,19,24). The van der Waals surface area contributed by atoms with E-state index in [0.29, 0.717) is 38.3 Å². The van der Waals surface area contributed by atoms with E-state index in [1.54, 1.807) is 9.80 Å². The molecule has 1 aromatic rings. The van der Waals surface area contributed by atoms with Crippen molar-refractivity contribution in [3.05, 3.63) is 12.4 Å². The number of alkyl halides is 2. The van der Waals surface area contributed by atoms with Gasteiger partial charge >= 0.3 is 6.03 Å². The summed E-state index contributed by atoms with van der Waals surface area (Å²) in [6.45, 7) is 5.31. The van der Waals surface area contributed by atoms with E-state index in [-0.39, 0.29) is 17.9 Å². The molecule has 1 aliphatic rings. The lowest BCUT2D eigenvalue weighted by Gasteiger charge is -2.23. The van der Waals surface area contributed by atoms with E-state index in [1.165, 1.54) is 12.4 Å². The van der Waals surface area contributed by atoms with Gasteiger partial charge in [-0.3, -0.25) is 9.48 Å². The van der Waals surface area contributed by atoms with Gasteiger partial charge in [0.15, 0.2) is 0 Å². The first-order chi connectivity index (χ1) is 11.4. The number of carbonyl (C=O) groups is 2. The van der Waals surface area contributed by atoms with Crippen LogP contribution in [0.1, 0.15) is 20.3 Å². The van der Waals surface area contributed by atoms with Gasteiger partial charge < -0.3 is 15.1 Å². The minimum atomic E-state index is -2.50. The van der Waals surface area contributed by atoms with Crippen LogP contribution in [0.3, 0.4) is 0 Å². The number of urea groups is 1. The number of hydrogen-bond donors (Lipinski definition) is 1. The van der Waals surface area contributed by atoms with Crippen LogP contribution < -0.4 is 5.32 Å². The van der Waals surface area contributed by atoms with Crippen molar-refractivity contribution >= 4 is 17.6 Å². The molecule has 134 valence electrons. The third-order valence-corrected chi connectivity index (χ3v) is 3.80. The zero-order valence-corrected chi connectivity index (χ0v) is 13.9. The zero-order chi connectivity index (χ0) is 17.7. The van der Waals surface area contributed by atoms with Crippen LogP contribution in [0, 0.1) is 5.92 Å². The van der Waals surface area contributed by atoms with Crippen molar-refractivity contribution in [3.63, 3.8) is 0 Å². The Morgan fingerprint density at radius 2 is 1.88 bits per heavy atom. The highest BCUT2D eigenvalue weighted by Gasteiger charge is 2.23. The third-order valence-electron chi connectivity index (χ3n) is 3.80. The fraction of sp³-hybridized carbons (Fsp3) is 0.667. The van der Waals surface area contributed by atoms with E-state index in [9.17, 15) is 18.4 Å². The Labute approximate surface area is 139 Å². The zero-order valence-electron chi connectivity index (χ0n) is 13.9. The lowest BCUT2D eigenvalue weighted by molar-refractivity contribution is -0.134. The molecule has 0 aromatic carbocycles. The normalized spacial score (nSPS) is 15.8. The Kier molecular flexibility index (Phi) is 6.10. The average Bonchev–Trinajstić information content (AvgIpc) is 2.80. The molecule has 1 aromatic heterocycles. The number of nitrogens with one attached hydrogen (secondary N) is 1. The molecule has 0 bridgehead atoms.